The van der Waals surface area contributed by atoms with E-state index in [0.717, 1.165) is 35.3 Å². The van der Waals surface area contributed by atoms with E-state index in [0.29, 0.717) is 13.1 Å². The van der Waals surface area contributed by atoms with Crippen LogP contribution in [0.1, 0.15) is 12.8 Å². The first-order valence-corrected chi connectivity index (χ1v) is 11.7. The fourth-order valence-corrected chi connectivity index (χ4v) is 5.90. The van der Waals surface area contributed by atoms with Gasteiger partial charge in [0.1, 0.15) is 0 Å². The smallest absolute Gasteiger partial charge is 0.229 e. The summed E-state index contributed by atoms with van der Waals surface area (Å²) in [5.41, 5.74) is 11.0. The Morgan fingerprint density at radius 2 is 0.950 bits per heavy atom. The van der Waals surface area contributed by atoms with E-state index in [4.69, 9.17) is 33.1 Å². The second-order valence-electron chi connectivity index (χ2n) is 5.44. The van der Waals surface area contributed by atoms with E-state index in [1.54, 1.807) is 0 Å². The van der Waals surface area contributed by atoms with Crippen molar-refractivity contribution in [2.45, 2.75) is 24.9 Å². The van der Waals surface area contributed by atoms with E-state index in [1.807, 2.05) is 24.3 Å². The molecule has 0 aliphatic carbocycles. The molecule has 6 nitrogen and oxygen atoms in total. The number of nitrogens with two attached hydrogens (primary N) is 6. The molecule has 0 atom stereocenters. The van der Waals surface area contributed by atoms with Crippen molar-refractivity contribution in [3.63, 3.8) is 0 Å². The molecular weight excluding hydrogens is 284 g/mol. The van der Waals surface area contributed by atoms with Crippen molar-refractivity contribution in [3.05, 3.63) is 24.3 Å². The van der Waals surface area contributed by atoms with Crippen LogP contribution in [0.4, 0.5) is 0 Å². The summed E-state index contributed by atoms with van der Waals surface area (Å²) in [5.74, 6) is 0. The molecule has 0 saturated carbocycles. The van der Waals surface area contributed by atoms with Crippen LogP contribution in [0.25, 0.3) is 0 Å². The first kappa shape index (κ1) is 17.5. The molecule has 0 fully saturated rings. The summed E-state index contributed by atoms with van der Waals surface area (Å²) in [4.78, 5) is 0. The van der Waals surface area contributed by atoms with Gasteiger partial charge in [-0.2, -0.15) is 0 Å². The largest absolute Gasteiger partial charge is 0.336 e. The molecule has 12 N–H and O–H groups in total. The van der Waals surface area contributed by atoms with Crippen molar-refractivity contribution in [3.8, 4) is 0 Å². The van der Waals surface area contributed by atoms with Gasteiger partial charge in [0.25, 0.3) is 0 Å². The van der Waals surface area contributed by atoms with Gasteiger partial charge in [0.2, 0.25) is 16.8 Å². The average Bonchev–Trinajstić information content (AvgIpc) is 2.43. The maximum atomic E-state index is 6.26. The average molecular weight is 313 g/mol. The summed E-state index contributed by atoms with van der Waals surface area (Å²) in [6.07, 6.45) is 1.70. The van der Waals surface area contributed by atoms with E-state index < -0.39 is 16.8 Å². The summed E-state index contributed by atoms with van der Waals surface area (Å²) < 4.78 is 0. The molecule has 20 heavy (non-hydrogen) atoms. The molecule has 0 aliphatic rings. The molecule has 0 amide bonds. The third-order valence-corrected chi connectivity index (χ3v) is 8.73. The Morgan fingerprint density at radius 1 is 0.650 bits per heavy atom. The fraction of sp³-hybridized carbons (Fsp3) is 0.500. The normalized spacial score (nSPS) is 12.7. The highest BCUT2D eigenvalue weighted by Crippen LogP contribution is 2.03. The standard InChI is InChI=1S/C12H28N6Si2/c13-7-1-9-19(15,16)11-3-5-12(6-4-11)20(17,18)10-2-8-14/h3-6H,1-2,7-10,13-18H2. The molecule has 0 heterocycles. The van der Waals surface area contributed by atoms with Crippen LogP contribution in [0.3, 0.4) is 0 Å². The van der Waals surface area contributed by atoms with Gasteiger partial charge >= 0.3 is 0 Å². The molecule has 8 heteroatoms. The van der Waals surface area contributed by atoms with Gasteiger partial charge in [0.15, 0.2) is 0 Å². The second-order valence-corrected chi connectivity index (χ2v) is 11.8. The number of hydrogen-bond donors (Lipinski definition) is 6. The lowest BCUT2D eigenvalue weighted by molar-refractivity contribution is 0.908. The first-order valence-electron chi connectivity index (χ1n) is 7.00. The van der Waals surface area contributed by atoms with Crippen LogP contribution in [-0.2, 0) is 0 Å². The predicted octanol–water partition coefficient (Wildman–Crippen LogP) is -2.48. The van der Waals surface area contributed by atoms with Crippen molar-refractivity contribution in [2.75, 3.05) is 13.1 Å². The number of hydrogen-bond acceptors (Lipinski definition) is 6. The molecule has 114 valence electrons. The minimum absolute atomic E-state index is 0.613. The molecule has 1 rings (SSSR count). The molecule has 0 spiro atoms. The van der Waals surface area contributed by atoms with Crippen LogP contribution in [-0.4, -0.2) is 29.9 Å². The zero-order chi connectivity index (χ0) is 15.2. The quantitative estimate of drug-likeness (QED) is 0.292. The number of benzene rings is 1. The Kier molecular flexibility index (Phi) is 6.49. The van der Waals surface area contributed by atoms with E-state index in [9.17, 15) is 0 Å². The fourth-order valence-electron chi connectivity index (χ4n) is 2.17. The zero-order valence-electron chi connectivity index (χ0n) is 12.0. The SMILES string of the molecule is NCCC[Si](N)(N)c1ccc([Si](N)(N)CCCN)cc1. The van der Waals surface area contributed by atoms with Crippen LogP contribution >= 0.6 is 0 Å². The van der Waals surface area contributed by atoms with Crippen molar-refractivity contribution in [1.29, 1.82) is 0 Å². The van der Waals surface area contributed by atoms with Crippen molar-refractivity contribution >= 4 is 27.2 Å². The molecule has 0 aliphatic heterocycles. The molecule has 1 aromatic carbocycles. The van der Waals surface area contributed by atoms with E-state index in [1.165, 1.54) is 0 Å². The lowest BCUT2D eigenvalue weighted by Gasteiger charge is -2.24. The summed E-state index contributed by atoms with van der Waals surface area (Å²) in [7, 11) is -4.75. The minimum atomic E-state index is -2.37. The van der Waals surface area contributed by atoms with Crippen LogP contribution < -0.4 is 43.4 Å². The highest BCUT2D eigenvalue weighted by Gasteiger charge is 2.28. The Morgan fingerprint density at radius 3 is 1.20 bits per heavy atom. The molecule has 0 aromatic heterocycles. The molecule has 0 bridgehead atoms. The summed E-state index contributed by atoms with van der Waals surface area (Å²) in [6, 6.07) is 9.46. The van der Waals surface area contributed by atoms with Gasteiger partial charge in [-0.25, -0.2) is 0 Å². The first-order chi connectivity index (χ1) is 9.33. The maximum Gasteiger partial charge on any atom is 0.229 e. The Labute approximate surface area is 123 Å². The van der Waals surface area contributed by atoms with Gasteiger partial charge in [-0.15, -0.1) is 0 Å². The van der Waals surface area contributed by atoms with Gasteiger partial charge in [-0.3, -0.25) is 0 Å². The van der Waals surface area contributed by atoms with Crippen molar-refractivity contribution in [1.82, 2.24) is 0 Å². The predicted molar refractivity (Wildman–Crippen MR) is 90.9 cm³/mol. The third kappa shape index (κ3) is 4.75. The Balaban J connectivity index is 2.82. The lowest BCUT2D eigenvalue weighted by atomic mass is 10.4. The van der Waals surface area contributed by atoms with E-state index in [2.05, 4.69) is 0 Å². The van der Waals surface area contributed by atoms with Crippen LogP contribution in [0.5, 0.6) is 0 Å². The Hall–Kier alpha value is -0.586. The zero-order valence-corrected chi connectivity index (χ0v) is 14.0. The second kappa shape index (κ2) is 7.43. The highest BCUT2D eigenvalue weighted by atomic mass is 28.4. The summed E-state index contributed by atoms with van der Waals surface area (Å²) >= 11 is 0. The molecular formula is C12H28N6Si2. The highest BCUT2D eigenvalue weighted by molar-refractivity contribution is 6.88. The molecule has 0 radical (unpaired) electrons. The molecule has 0 unspecified atom stereocenters. The van der Waals surface area contributed by atoms with Gasteiger partial charge < -0.3 is 33.1 Å². The van der Waals surface area contributed by atoms with Gasteiger partial charge in [0.05, 0.1) is 0 Å². The third-order valence-electron chi connectivity index (χ3n) is 3.55. The van der Waals surface area contributed by atoms with E-state index >= 15 is 0 Å². The van der Waals surface area contributed by atoms with Crippen molar-refractivity contribution in [2.24, 2.45) is 33.1 Å². The van der Waals surface area contributed by atoms with Crippen LogP contribution in [0, 0.1) is 0 Å². The lowest BCUT2D eigenvalue weighted by Crippen LogP contribution is -2.67. The van der Waals surface area contributed by atoms with Crippen molar-refractivity contribution < 1.29 is 0 Å². The van der Waals surface area contributed by atoms with Gasteiger partial charge in [0, 0.05) is 0 Å². The summed E-state index contributed by atoms with van der Waals surface area (Å²) in [5, 5.41) is 27.1. The van der Waals surface area contributed by atoms with Crippen LogP contribution in [0.2, 0.25) is 12.1 Å². The molecule has 1 aromatic rings. The Bertz CT molecular complexity index is 368. The maximum absolute atomic E-state index is 6.26. The van der Waals surface area contributed by atoms with Gasteiger partial charge in [-0.1, -0.05) is 24.3 Å². The topological polar surface area (TPSA) is 156 Å². The minimum Gasteiger partial charge on any atom is -0.336 e. The summed E-state index contributed by atoms with van der Waals surface area (Å²) in [6.45, 7) is 1.23. The van der Waals surface area contributed by atoms with E-state index in [-0.39, 0.29) is 0 Å². The van der Waals surface area contributed by atoms with Gasteiger partial charge in [-0.05, 0) is 48.4 Å². The molecule has 0 saturated heterocycles. The monoisotopic (exact) mass is 312 g/mol. The number of rotatable bonds is 8. The van der Waals surface area contributed by atoms with Crippen LogP contribution in [0.15, 0.2) is 24.3 Å².